The molecule has 5 atom stereocenters. The molecule has 3 aliphatic carbocycles. The zero-order valence-corrected chi connectivity index (χ0v) is 13.9. The Kier molecular flexibility index (Phi) is 3.92. The van der Waals surface area contributed by atoms with Crippen molar-refractivity contribution in [3.8, 4) is 0 Å². The highest BCUT2D eigenvalue weighted by Gasteiger charge is 2.62. The molecule has 0 spiro atoms. The van der Waals surface area contributed by atoms with Crippen LogP contribution in [0.4, 0.5) is 0 Å². The van der Waals surface area contributed by atoms with Gasteiger partial charge in [-0.3, -0.25) is 0 Å². The van der Waals surface area contributed by atoms with Gasteiger partial charge in [0.05, 0.1) is 12.2 Å². The van der Waals surface area contributed by atoms with E-state index in [1.54, 1.807) is 0 Å². The molecule has 5 unspecified atom stereocenters. The Morgan fingerprint density at radius 1 is 1.10 bits per heavy atom. The van der Waals surface area contributed by atoms with Crippen molar-refractivity contribution in [1.29, 1.82) is 0 Å². The molecule has 0 aromatic rings. The fourth-order valence-corrected chi connectivity index (χ4v) is 5.30. The number of likely N-dealkylation sites (N-methyl/N-ethyl adjacent to an activating group) is 1. The third-order valence-corrected chi connectivity index (χ3v) is 7.22. The lowest BCUT2D eigenvalue weighted by atomic mass is 9.70. The van der Waals surface area contributed by atoms with Crippen LogP contribution in [-0.4, -0.2) is 24.8 Å². The molecule has 2 heteroatoms. The lowest BCUT2D eigenvalue weighted by Crippen LogP contribution is -2.48. The molecule has 0 aromatic heterocycles. The predicted octanol–water partition coefficient (Wildman–Crippen LogP) is 4.14. The predicted molar refractivity (Wildman–Crippen MR) is 83.8 cm³/mol. The van der Waals surface area contributed by atoms with E-state index in [-0.39, 0.29) is 0 Å². The summed E-state index contributed by atoms with van der Waals surface area (Å²) in [6, 6.07) is 0.597. The molecule has 3 fully saturated rings. The standard InChI is InChI=1S/C18H33NO/c1-5-19-14-8-6-7-9-15(14)20-16-12-13-10-11-18(16,4)17(13,2)3/h13-16,19H,5-12H2,1-4H3. The summed E-state index contributed by atoms with van der Waals surface area (Å²) < 4.78 is 6.73. The number of fused-ring (bicyclic) bond motifs is 2. The fourth-order valence-electron chi connectivity index (χ4n) is 5.30. The van der Waals surface area contributed by atoms with Gasteiger partial charge in [-0.15, -0.1) is 0 Å². The molecular formula is C18H33NO. The molecule has 3 rings (SSSR count). The first-order valence-electron chi connectivity index (χ1n) is 8.88. The summed E-state index contributed by atoms with van der Waals surface area (Å²) in [5.74, 6) is 0.888. The number of nitrogens with one attached hydrogen (secondary N) is 1. The summed E-state index contributed by atoms with van der Waals surface area (Å²) in [5.41, 5.74) is 0.881. The van der Waals surface area contributed by atoms with Crippen LogP contribution in [0.15, 0.2) is 0 Å². The van der Waals surface area contributed by atoms with Crippen LogP contribution in [0.2, 0.25) is 0 Å². The monoisotopic (exact) mass is 279 g/mol. The molecular weight excluding hydrogens is 246 g/mol. The minimum atomic E-state index is 0.409. The van der Waals surface area contributed by atoms with Crippen LogP contribution >= 0.6 is 0 Å². The van der Waals surface area contributed by atoms with E-state index in [2.05, 4.69) is 33.0 Å². The van der Waals surface area contributed by atoms with Crippen LogP contribution in [0.1, 0.15) is 72.6 Å². The van der Waals surface area contributed by atoms with Gasteiger partial charge in [0.1, 0.15) is 0 Å². The maximum absolute atomic E-state index is 6.73. The summed E-state index contributed by atoms with van der Waals surface area (Å²) in [6.07, 6.45) is 10.3. The first kappa shape index (κ1) is 14.8. The summed E-state index contributed by atoms with van der Waals surface area (Å²) in [5, 5.41) is 3.66. The Balaban J connectivity index is 1.69. The minimum Gasteiger partial charge on any atom is -0.373 e. The Bertz CT molecular complexity index is 351. The average Bonchev–Trinajstić information content (AvgIpc) is 2.74. The van der Waals surface area contributed by atoms with Crippen molar-refractivity contribution >= 4 is 0 Å². The molecule has 0 heterocycles. The highest BCUT2D eigenvalue weighted by atomic mass is 16.5. The zero-order valence-electron chi connectivity index (χ0n) is 13.9. The number of hydrogen-bond acceptors (Lipinski definition) is 2. The second kappa shape index (κ2) is 5.28. The van der Waals surface area contributed by atoms with Gasteiger partial charge in [-0.1, -0.05) is 40.5 Å². The van der Waals surface area contributed by atoms with Gasteiger partial charge in [-0.2, -0.15) is 0 Å². The SMILES string of the molecule is CCNC1CCCCC1OC1CC2CCC1(C)C2(C)C. The second-order valence-electron chi connectivity index (χ2n) is 8.22. The highest BCUT2D eigenvalue weighted by Crippen LogP contribution is 2.66. The van der Waals surface area contributed by atoms with E-state index in [1.807, 2.05) is 0 Å². The normalized spacial score (nSPS) is 46.8. The highest BCUT2D eigenvalue weighted by molar-refractivity contribution is 5.11. The Hall–Kier alpha value is -0.0800. The largest absolute Gasteiger partial charge is 0.373 e. The zero-order chi connectivity index (χ0) is 14.4. The molecule has 0 radical (unpaired) electrons. The van der Waals surface area contributed by atoms with Gasteiger partial charge >= 0.3 is 0 Å². The Morgan fingerprint density at radius 3 is 2.45 bits per heavy atom. The topological polar surface area (TPSA) is 21.3 Å². The van der Waals surface area contributed by atoms with E-state index in [0.717, 1.165) is 12.5 Å². The third kappa shape index (κ3) is 2.14. The van der Waals surface area contributed by atoms with Crippen molar-refractivity contribution in [2.24, 2.45) is 16.7 Å². The maximum atomic E-state index is 6.73. The third-order valence-electron chi connectivity index (χ3n) is 7.22. The lowest BCUT2D eigenvalue weighted by molar-refractivity contribution is -0.106. The number of rotatable bonds is 4. The summed E-state index contributed by atoms with van der Waals surface area (Å²) in [7, 11) is 0. The van der Waals surface area contributed by atoms with Gasteiger partial charge < -0.3 is 10.1 Å². The van der Waals surface area contributed by atoms with Gasteiger partial charge in [0, 0.05) is 6.04 Å². The van der Waals surface area contributed by atoms with E-state index in [1.165, 1.54) is 44.9 Å². The number of ether oxygens (including phenoxy) is 1. The maximum Gasteiger partial charge on any atom is 0.0732 e. The molecule has 1 N–H and O–H groups in total. The van der Waals surface area contributed by atoms with Crippen molar-refractivity contribution < 1.29 is 4.74 Å². The van der Waals surface area contributed by atoms with Crippen LogP contribution in [0.5, 0.6) is 0 Å². The van der Waals surface area contributed by atoms with Crippen LogP contribution < -0.4 is 5.32 Å². The molecule has 3 saturated carbocycles. The van der Waals surface area contributed by atoms with Crippen molar-refractivity contribution in [3.63, 3.8) is 0 Å². The van der Waals surface area contributed by atoms with E-state index in [4.69, 9.17) is 4.74 Å². The molecule has 116 valence electrons. The second-order valence-corrected chi connectivity index (χ2v) is 8.22. The van der Waals surface area contributed by atoms with Crippen molar-refractivity contribution in [1.82, 2.24) is 5.32 Å². The molecule has 2 nitrogen and oxygen atoms in total. The quantitative estimate of drug-likeness (QED) is 0.835. The van der Waals surface area contributed by atoms with Gasteiger partial charge in [0.2, 0.25) is 0 Å². The van der Waals surface area contributed by atoms with Gasteiger partial charge in [-0.25, -0.2) is 0 Å². The van der Waals surface area contributed by atoms with Crippen molar-refractivity contribution in [2.45, 2.75) is 90.9 Å². The van der Waals surface area contributed by atoms with Crippen molar-refractivity contribution in [3.05, 3.63) is 0 Å². The lowest BCUT2D eigenvalue weighted by Gasteiger charge is -2.42. The van der Waals surface area contributed by atoms with E-state index in [9.17, 15) is 0 Å². The molecule has 20 heavy (non-hydrogen) atoms. The van der Waals surface area contributed by atoms with Crippen molar-refractivity contribution in [2.75, 3.05) is 6.54 Å². The summed E-state index contributed by atoms with van der Waals surface area (Å²) >= 11 is 0. The molecule has 0 aromatic carbocycles. The Labute approximate surface area is 125 Å². The molecule has 0 saturated heterocycles. The van der Waals surface area contributed by atoms with Gasteiger partial charge in [0.25, 0.3) is 0 Å². The molecule has 0 amide bonds. The minimum absolute atomic E-state index is 0.409. The molecule has 2 bridgehead atoms. The van der Waals surface area contributed by atoms with E-state index in [0.29, 0.717) is 29.1 Å². The van der Waals surface area contributed by atoms with E-state index >= 15 is 0 Å². The van der Waals surface area contributed by atoms with E-state index < -0.39 is 0 Å². The van der Waals surface area contributed by atoms with Crippen LogP contribution in [-0.2, 0) is 4.74 Å². The summed E-state index contributed by atoms with van der Waals surface area (Å²) in [6.45, 7) is 10.7. The molecule has 0 aliphatic heterocycles. The van der Waals surface area contributed by atoms with Crippen LogP contribution in [0.3, 0.4) is 0 Å². The number of hydrogen-bond donors (Lipinski definition) is 1. The fraction of sp³-hybridized carbons (Fsp3) is 1.00. The summed E-state index contributed by atoms with van der Waals surface area (Å²) in [4.78, 5) is 0. The first-order chi connectivity index (χ1) is 9.49. The van der Waals surface area contributed by atoms with Gasteiger partial charge in [0.15, 0.2) is 0 Å². The van der Waals surface area contributed by atoms with Gasteiger partial charge in [-0.05, 0) is 55.4 Å². The Morgan fingerprint density at radius 2 is 1.85 bits per heavy atom. The van der Waals surface area contributed by atoms with Crippen LogP contribution in [0, 0.1) is 16.7 Å². The van der Waals surface area contributed by atoms with Crippen LogP contribution in [0.25, 0.3) is 0 Å². The average molecular weight is 279 g/mol. The first-order valence-corrected chi connectivity index (χ1v) is 8.88. The molecule has 3 aliphatic rings. The smallest absolute Gasteiger partial charge is 0.0732 e.